The Balaban J connectivity index is 1.66. The molecule has 1 heterocycles. The van der Waals surface area contributed by atoms with Gasteiger partial charge in [-0.2, -0.15) is 5.10 Å². The molecule has 9 nitrogen and oxygen atoms in total. The van der Waals surface area contributed by atoms with Crippen molar-refractivity contribution in [1.82, 2.24) is 5.43 Å². The second-order valence-electron chi connectivity index (χ2n) is 6.45. The Labute approximate surface area is 168 Å². The fourth-order valence-electron chi connectivity index (χ4n) is 2.92. The van der Waals surface area contributed by atoms with E-state index >= 15 is 0 Å². The van der Waals surface area contributed by atoms with E-state index in [2.05, 4.69) is 15.4 Å². The maximum Gasteiger partial charge on any atom is 0.277 e. The highest BCUT2D eigenvalue weighted by atomic mass is 16.6. The van der Waals surface area contributed by atoms with Gasteiger partial charge in [-0.1, -0.05) is 18.2 Å². The number of nitrogens with one attached hydrogen (secondary N) is 1. The van der Waals surface area contributed by atoms with Crippen molar-refractivity contribution in [1.29, 1.82) is 0 Å². The van der Waals surface area contributed by atoms with E-state index in [1.807, 2.05) is 25.1 Å². The molecule has 0 radical (unpaired) electrons. The van der Waals surface area contributed by atoms with Gasteiger partial charge in [-0.05, 0) is 24.6 Å². The molecular weight excluding hydrogens is 376 g/mol. The van der Waals surface area contributed by atoms with Gasteiger partial charge in [0.05, 0.1) is 24.4 Å². The number of amides is 1. The zero-order chi connectivity index (χ0) is 20.6. The fourth-order valence-corrected chi connectivity index (χ4v) is 2.92. The van der Waals surface area contributed by atoms with E-state index in [1.54, 1.807) is 12.1 Å². The summed E-state index contributed by atoms with van der Waals surface area (Å²) in [4.78, 5) is 24.7. The van der Waals surface area contributed by atoms with Crippen LogP contribution in [0.25, 0.3) is 0 Å². The summed E-state index contributed by atoms with van der Waals surface area (Å²) >= 11 is 0. The van der Waals surface area contributed by atoms with Crippen molar-refractivity contribution in [2.24, 2.45) is 5.10 Å². The number of hydrogen-bond donors (Lipinski definition) is 1. The smallest absolute Gasteiger partial charge is 0.277 e. The van der Waals surface area contributed by atoms with Crippen molar-refractivity contribution in [3.63, 3.8) is 0 Å². The number of nitro benzene ring substituents is 1. The molecule has 1 fully saturated rings. The second kappa shape index (κ2) is 9.65. The summed E-state index contributed by atoms with van der Waals surface area (Å²) in [7, 11) is 0. The van der Waals surface area contributed by atoms with Crippen molar-refractivity contribution < 1.29 is 19.2 Å². The number of nitro groups is 1. The van der Waals surface area contributed by atoms with Crippen LogP contribution in [0.15, 0.2) is 47.6 Å². The van der Waals surface area contributed by atoms with Crippen LogP contribution in [0.2, 0.25) is 0 Å². The highest BCUT2D eigenvalue weighted by Crippen LogP contribution is 2.25. The predicted molar refractivity (Wildman–Crippen MR) is 109 cm³/mol. The molecule has 0 spiro atoms. The molecule has 3 rings (SSSR count). The average molecular weight is 398 g/mol. The highest BCUT2D eigenvalue weighted by molar-refractivity contribution is 5.90. The van der Waals surface area contributed by atoms with Crippen LogP contribution in [-0.4, -0.2) is 50.0 Å². The van der Waals surface area contributed by atoms with Gasteiger partial charge in [0.1, 0.15) is 5.75 Å². The minimum atomic E-state index is -0.463. The number of carbonyl (C=O) groups is 1. The topological polar surface area (TPSA) is 106 Å². The van der Waals surface area contributed by atoms with Crippen molar-refractivity contribution in [2.45, 2.75) is 6.92 Å². The molecule has 1 N–H and O–H groups in total. The van der Waals surface area contributed by atoms with Gasteiger partial charge in [0.25, 0.3) is 11.6 Å². The number of non-ortho nitro benzene ring substituents is 1. The second-order valence-corrected chi connectivity index (χ2v) is 6.45. The summed E-state index contributed by atoms with van der Waals surface area (Å²) in [6.07, 6.45) is 1.41. The van der Waals surface area contributed by atoms with Gasteiger partial charge in [-0.3, -0.25) is 14.9 Å². The third-order valence-electron chi connectivity index (χ3n) is 4.42. The molecule has 1 aliphatic rings. The quantitative estimate of drug-likeness (QED) is 0.436. The third-order valence-corrected chi connectivity index (χ3v) is 4.42. The third kappa shape index (κ3) is 5.52. The van der Waals surface area contributed by atoms with E-state index in [0.717, 1.165) is 11.3 Å². The molecule has 29 heavy (non-hydrogen) atoms. The van der Waals surface area contributed by atoms with Gasteiger partial charge in [-0.15, -0.1) is 0 Å². The first-order chi connectivity index (χ1) is 14.0. The zero-order valence-corrected chi connectivity index (χ0v) is 16.0. The minimum absolute atomic E-state index is 0.0438. The summed E-state index contributed by atoms with van der Waals surface area (Å²) < 4.78 is 10.8. The summed E-state index contributed by atoms with van der Waals surface area (Å²) in [5.41, 5.74) is 4.62. The van der Waals surface area contributed by atoms with Crippen LogP contribution in [0.1, 0.15) is 11.1 Å². The number of morpholine rings is 1. The Bertz CT molecular complexity index is 909. The number of carbonyl (C=O) groups excluding carboxylic acids is 1. The predicted octanol–water partition coefficient (Wildman–Crippen LogP) is 2.27. The Morgan fingerprint density at radius 3 is 2.79 bits per heavy atom. The van der Waals surface area contributed by atoms with Crippen LogP contribution < -0.4 is 15.1 Å². The summed E-state index contributed by atoms with van der Waals surface area (Å²) in [6, 6.07) is 12.0. The number of anilines is 1. The normalized spacial score (nSPS) is 14.0. The zero-order valence-electron chi connectivity index (χ0n) is 16.0. The fraction of sp³-hybridized carbons (Fsp3) is 0.300. The van der Waals surface area contributed by atoms with Crippen LogP contribution in [-0.2, 0) is 9.53 Å². The van der Waals surface area contributed by atoms with Crippen molar-refractivity contribution >= 4 is 23.5 Å². The van der Waals surface area contributed by atoms with Gasteiger partial charge in [-0.25, -0.2) is 5.43 Å². The van der Waals surface area contributed by atoms with Crippen molar-refractivity contribution in [3.05, 3.63) is 63.7 Å². The summed E-state index contributed by atoms with van der Waals surface area (Å²) in [5.74, 6) is 0.197. The van der Waals surface area contributed by atoms with E-state index in [4.69, 9.17) is 9.47 Å². The van der Waals surface area contributed by atoms with Crippen LogP contribution >= 0.6 is 0 Å². The molecule has 0 aromatic heterocycles. The van der Waals surface area contributed by atoms with Gasteiger partial charge in [0, 0.05) is 36.5 Å². The monoisotopic (exact) mass is 398 g/mol. The molecule has 2 aromatic carbocycles. The molecule has 1 saturated heterocycles. The molecular formula is C20H22N4O5. The maximum absolute atomic E-state index is 12.0. The van der Waals surface area contributed by atoms with Crippen molar-refractivity contribution in [2.75, 3.05) is 37.8 Å². The molecule has 9 heteroatoms. The number of ether oxygens (including phenoxy) is 2. The number of nitrogens with zero attached hydrogens (tertiary/aromatic N) is 3. The number of benzene rings is 2. The van der Waals surface area contributed by atoms with E-state index in [1.165, 1.54) is 18.3 Å². The lowest BCUT2D eigenvalue weighted by Gasteiger charge is -2.29. The van der Waals surface area contributed by atoms with Gasteiger partial charge >= 0.3 is 0 Å². The molecule has 2 aromatic rings. The SMILES string of the molecule is Cc1ccccc1OCC(=O)N/N=C/c1cc([N+](=O)[O-])ccc1N1CCOCC1. The Hall–Kier alpha value is -3.46. The summed E-state index contributed by atoms with van der Waals surface area (Å²) in [5, 5.41) is 15.1. The highest BCUT2D eigenvalue weighted by Gasteiger charge is 2.17. The molecule has 1 aliphatic heterocycles. The molecule has 0 unspecified atom stereocenters. The Morgan fingerprint density at radius 1 is 1.31 bits per heavy atom. The lowest BCUT2D eigenvalue weighted by Crippen LogP contribution is -2.36. The first kappa shape index (κ1) is 20.3. The van der Waals surface area contributed by atoms with Crippen LogP contribution in [0, 0.1) is 17.0 Å². The minimum Gasteiger partial charge on any atom is -0.483 e. The van der Waals surface area contributed by atoms with Crippen molar-refractivity contribution in [3.8, 4) is 5.75 Å². The van der Waals surface area contributed by atoms with E-state index in [0.29, 0.717) is 37.6 Å². The largest absolute Gasteiger partial charge is 0.483 e. The van der Waals surface area contributed by atoms with Gasteiger partial charge < -0.3 is 14.4 Å². The molecule has 0 bridgehead atoms. The molecule has 1 amide bonds. The van der Waals surface area contributed by atoms with E-state index < -0.39 is 10.8 Å². The lowest BCUT2D eigenvalue weighted by atomic mass is 10.1. The lowest BCUT2D eigenvalue weighted by molar-refractivity contribution is -0.384. The number of aryl methyl sites for hydroxylation is 1. The molecule has 152 valence electrons. The number of hydrazone groups is 1. The number of rotatable bonds is 7. The number of hydrogen-bond acceptors (Lipinski definition) is 7. The molecule has 0 saturated carbocycles. The van der Waals surface area contributed by atoms with E-state index in [-0.39, 0.29) is 12.3 Å². The molecule has 0 atom stereocenters. The maximum atomic E-state index is 12.0. The average Bonchev–Trinajstić information content (AvgIpc) is 2.73. The van der Waals surface area contributed by atoms with Crippen LogP contribution in [0.4, 0.5) is 11.4 Å². The number of para-hydroxylation sites is 1. The Kier molecular flexibility index (Phi) is 6.75. The van der Waals surface area contributed by atoms with Crippen LogP contribution in [0.5, 0.6) is 5.75 Å². The first-order valence-electron chi connectivity index (χ1n) is 9.16. The molecule has 0 aliphatic carbocycles. The van der Waals surface area contributed by atoms with Gasteiger partial charge in [0.2, 0.25) is 0 Å². The standard InChI is InChI=1S/C20H22N4O5/c1-15-4-2-3-5-19(15)29-14-20(25)22-21-13-16-12-17(24(26)27)6-7-18(16)23-8-10-28-11-9-23/h2-7,12-13H,8-11,14H2,1H3,(H,22,25)/b21-13+. The van der Waals surface area contributed by atoms with Gasteiger partial charge in [0.15, 0.2) is 6.61 Å². The van der Waals surface area contributed by atoms with E-state index in [9.17, 15) is 14.9 Å². The first-order valence-corrected chi connectivity index (χ1v) is 9.16. The summed E-state index contributed by atoms with van der Waals surface area (Å²) in [6.45, 7) is 4.22. The Morgan fingerprint density at radius 2 is 2.07 bits per heavy atom. The van der Waals surface area contributed by atoms with Crippen LogP contribution in [0.3, 0.4) is 0 Å².